The zero-order chi connectivity index (χ0) is 12.5. The summed E-state index contributed by atoms with van der Waals surface area (Å²) in [5.74, 6) is 0.995. The molecule has 0 aliphatic carbocycles. The van der Waals surface area contributed by atoms with E-state index in [2.05, 4.69) is 19.1 Å². The highest BCUT2D eigenvalue weighted by Gasteiger charge is 2.25. The fourth-order valence-electron chi connectivity index (χ4n) is 1.92. The molecule has 1 aromatic carbocycles. The summed E-state index contributed by atoms with van der Waals surface area (Å²) in [7, 11) is 0. The first-order valence-corrected chi connectivity index (χ1v) is 6.10. The lowest BCUT2D eigenvalue weighted by molar-refractivity contribution is -0.0426. The van der Waals surface area contributed by atoms with Gasteiger partial charge in [-0.3, -0.25) is 0 Å². The molecule has 1 heterocycles. The summed E-state index contributed by atoms with van der Waals surface area (Å²) in [6.07, 6.45) is 1.05. The van der Waals surface area contributed by atoms with Crippen LogP contribution < -0.4 is 10.5 Å². The molecule has 3 nitrogen and oxygen atoms in total. The van der Waals surface area contributed by atoms with E-state index in [4.69, 9.17) is 15.2 Å². The van der Waals surface area contributed by atoms with Crippen molar-refractivity contribution in [2.24, 2.45) is 5.73 Å². The Morgan fingerprint density at radius 3 is 2.94 bits per heavy atom. The molecule has 94 valence electrons. The van der Waals surface area contributed by atoms with Crippen LogP contribution >= 0.6 is 0 Å². The minimum absolute atomic E-state index is 0.123. The summed E-state index contributed by atoms with van der Waals surface area (Å²) >= 11 is 0. The maximum absolute atomic E-state index is 5.84. The minimum Gasteiger partial charge on any atom is -0.487 e. The van der Waals surface area contributed by atoms with Gasteiger partial charge in [0.1, 0.15) is 11.9 Å². The second-order valence-corrected chi connectivity index (χ2v) is 5.33. The van der Waals surface area contributed by atoms with Crippen molar-refractivity contribution >= 4 is 0 Å². The Labute approximate surface area is 103 Å². The van der Waals surface area contributed by atoms with Gasteiger partial charge in [-0.25, -0.2) is 0 Å². The Morgan fingerprint density at radius 1 is 1.47 bits per heavy atom. The molecule has 1 atom stereocenters. The van der Waals surface area contributed by atoms with Crippen LogP contribution in [0.2, 0.25) is 0 Å². The van der Waals surface area contributed by atoms with E-state index in [0.29, 0.717) is 13.2 Å². The van der Waals surface area contributed by atoms with Gasteiger partial charge >= 0.3 is 0 Å². The SMILES string of the molecule is Cc1ccc2c(c1)CC(COC(C)(C)CN)O2. The largest absolute Gasteiger partial charge is 0.487 e. The number of ether oxygens (including phenoxy) is 2. The maximum atomic E-state index is 5.84. The summed E-state index contributed by atoms with van der Waals surface area (Å²) in [5, 5.41) is 0. The second kappa shape index (κ2) is 4.67. The molecule has 0 amide bonds. The van der Waals surface area contributed by atoms with E-state index >= 15 is 0 Å². The van der Waals surface area contributed by atoms with Crippen LogP contribution in [0, 0.1) is 6.92 Å². The van der Waals surface area contributed by atoms with Gasteiger partial charge in [-0.2, -0.15) is 0 Å². The molecule has 0 fully saturated rings. The fraction of sp³-hybridized carbons (Fsp3) is 0.571. The Balaban J connectivity index is 1.92. The van der Waals surface area contributed by atoms with Gasteiger partial charge in [0.15, 0.2) is 0 Å². The van der Waals surface area contributed by atoms with Gasteiger partial charge in [0.05, 0.1) is 12.2 Å². The molecule has 1 aliphatic heterocycles. The van der Waals surface area contributed by atoms with Crippen LogP contribution in [0.25, 0.3) is 0 Å². The van der Waals surface area contributed by atoms with E-state index < -0.39 is 0 Å². The van der Waals surface area contributed by atoms with Crippen LogP contribution in [-0.2, 0) is 11.2 Å². The average molecular weight is 235 g/mol. The third-order valence-corrected chi connectivity index (χ3v) is 3.11. The number of rotatable bonds is 4. The van der Waals surface area contributed by atoms with Gasteiger partial charge in [-0.1, -0.05) is 17.7 Å². The van der Waals surface area contributed by atoms with Gasteiger partial charge in [0.25, 0.3) is 0 Å². The summed E-state index contributed by atoms with van der Waals surface area (Å²) in [4.78, 5) is 0. The Hall–Kier alpha value is -1.06. The molecule has 17 heavy (non-hydrogen) atoms. The highest BCUT2D eigenvalue weighted by molar-refractivity contribution is 5.40. The van der Waals surface area contributed by atoms with Gasteiger partial charge in [-0.05, 0) is 32.4 Å². The lowest BCUT2D eigenvalue weighted by atomic mass is 10.1. The highest BCUT2D eigenvalue weighted by atomic mass is 16.5. The smallest absolute Gasteiger partial charge is 0.126 e. The van der Waals surface area contributed by atoms with Crippen molar-refractivity contribution in [2.75, 3.05) is 13.2 Å². The molecular weight excluding hydrogens is 214 g/mol. The fourth-order valence-corrected chi connectivity index (χ4v) is 1.92. The first-order valence-electron chi connectivity index (χ1n) is 6.10. The minimum atomic E-state index is -0.270. The summed E-state index contributed by atoms with van der Waals surface area (Å²) in [6.45, 7) is 7.21. The molecule has 0 saturated heterocycles. The molecule has 0 spiro atoms. The van der Waals surface area contributed by atoms with Crippen molar-refractivity contribution in [3.05, 3.63) is 29.3 Å². The first-order chi connectivity index (χ1) is 8.00. The zero-order valence-electron chi connectivity index (χ0n) is 10.8. The normalized spacial score (nSPS) is 18.9. The summed E-state index contributed by atoms with van der Waals surface area (Å²) in [5.41, 5.74) is 7.92. The second-order valence-electron chi connectivity index (χ2n) is 5.33. The van der Waals surface area contributed by atoms with E-state index in [1.807, 2.05) is 19.9 Å². The van der Waals surface area contributed by atoms with Crippen LogP contribution in [0.3, 0.4) is 0 Å². The predicted molar refractivity (Wildman–Crippen MR) is 68.4 cm³/mol. The molecule has 3 heteroatoms. The molecule has 2 N–H and O–H groups in total. The van der Waals surface area contributed by atoms with Crippen LogP contribution in [0.4, 0.5) is 0 Å². The lowest BCUT2D eigenvalue weighted by Crippen LogP contribution is -2.37. The van der Waals surface area contributed by atoms with E-state index in [-0.39, 0.29) is 11.7 Å². The topological polar surface area (TPSA) is 44.5 Å². The molecule has 2 rings (SSSR count). The van der Waals surface area contributed by atoms with Crippen molar-refractivity contribution in [2.45, 2.75) is 38.9 Å². The van der Waals surface area contributed by atoms with Crippen molar-refractivity contribution in [3.63, 3.8) is 0 Å². The Bertz CT molecular complexity index is 401. The Kier molecular flexibility index (Phi) is 3.40. The molecule has 0 radical (unpaired) electrons. The van der Waals surface area contributed by atoms with Crippen molar-refractivity contribution in [1.82, 2.24) is 0 Å². The maximum Gasteiger partial charge on any atom is 0.126 e. The van der Waals surface area contributed by atoms with Crippen molar-refractivity contribution in [3.8, 4) is 5.75 Å². The van der Waals surface area contributed by atoms with Crippen molar-refractivity contribution < 1.29 is 9.47 Å². The molecule has 1 aromatic rings. The number of fused-ring (bicyclic) bond motifs is 1. The van der Waals surface area contributed by atoms with Gasteiger partial charge in [0, 0.05) is 13.0 Å². The number of aryl methyl sites for hydroxylation is 1. The van der Waals surface area contributed by atoms with Crippen LogP contribution in [0.1, 0.15) is 25.0 Å². The molecule has 1 unspecified atom stereocenters. The monoisotopic (exact) mass is 235 g/mol. The zero-order valence-corrected chi connectivity index (χ0v) is 10.8. The van der Waals surface area contributed by atoms with Gasteiger partial charge < -0.3 is 15.2 Å². The van der Waals surface area contributed by atoms with E-state index in [1.54, 1.807) is 0 Å². The molecule has 0 bridgehead atoms. The quantitative estimate of drug-likeness (QED) is 0.868. The van der Waals surface area contributed by atoms with Crippen LogP contribution in [-0.4, -0.2) is 24.9 Å². The summed E-state index contributed by atoms with van der Waals surface area (Å²) in [6, 6.07) is 6.30. The first kappa shape index (κ1) is 12.4. The van der Waals surface area contributed by atoms with Gasteiger partial charge in [-0.15, -0.1) is 0 Å². The van der Waals surface area contributed by atoms with E-state index in [0.717, 1.165) is 12.2 Å². The molecule has 0 aromatic heterocycles. The third-order valence-electron chi connectivity index (χ3n) is 3.11. The average Bonchev–Trinajstić information content (AvgIpc) is 2.68. The molecule has 0 saturated carbocycles. The summed E-state index contributed by atoms with van der Waals surface area (Å²) < 4.78 is 11.6. The number of nitrogens with two attached hydrogens (primary N) is 1. The standard InChI is InChI=1S/C14H21NO2/c1-10-4-5-13-11(6-10)7-12(17-13)8-16-14(2,3)9-15/h4-6,12H,7-9,15H2,1-3H3. The molecular formula is C14H21NO2. The molecule has 1 aliphatic rings. The number of hydrogen-bond donors (Lipinski definition) is 1. The Morgan fingerprint density at radius 2 is 2.24 bits per heavy atom. The van der Waals surface area contributed by atoms with Gasteiger partial charge in [0.2, 0.25) is 0 Å². The third kappa shape index (κ3) is 2.99. The lowest BCUT2D eigenvalue weighted by Gasteiger charge is -2.25. The predicted octanol–water partition coefficient (Wildman–Crippen LogP) is 2.05. The number of benzene rings is 1. The van der Waals surface area contributed by atoms with Crippen LogP contribution in [0.5, 0.6) is 5.75 Å². The van der Waals surface area contributed by atoms with Crippen LogP contribution in [0.15, 0.2) is 18.2 Å². The van der Waals surface area contributed by atoms with E-state index in [9.17, 15) is 0 Å². The highest BCUT2D eigenvalue weighted by Crippen LogP contribution is 2.29. The van der Waals surface area contributed by atoms with E-state index in [1.165, 1.54) is 11.1 Å². The van der Waals surface area contributed by atoms with Crippen molar-refractivity contribution in [1.29, 1.82) is 0 Å². The number of hydrogen-bond acceptors (Lipinski definition) is 3.